The Labute approximate surface area is 346 Å². The smallest absolute Gasteiger partial charge is 0.407 e. The van der Waals surface area contributed by atoms with Crippen molar-refractivity contribution >= 4 is 24.0 Å². The zero-order valence-corrected chi connectivity index (χ0v) is 35.4. The van der Waals surface area contributed by atoms with Crippen LogP contribution in [0.2, 0.25) is 0 Å². The molecule has 1 aliphatic heterocycles. The van der Waals surface area contributed by atoms with Crippen LogP contribution in [0.15, 0.2) is 48.8 Å². The molecule has 2 bridgehead atoms. The van der Waals surface area contributed by atoms with Crippen molar-refractivity contribution < 1.29 is 28.7 Å². The van der Waals surface area contributed by atoms with Crippen molar-refractivity contribution in [1.29, 1.82) is 0 Å². The minimum Gasteiger partial charge on any atom is -0.453 e. The van der Waals surface area contributed by atoms with Gasteiger partial charge in [0, 0.05) is 12.6 Å². The molecule has 59 heavy (non-hydrogen) atoms. The van der Waals surface area contributed by atoms with Crippen molar-refractivity contribution in [1.82, 2.24) is 40.4 Å². The van der Waals surface area contributed by atoms with Gasteiger partial charge in [-0.1, -0.05) is 58.9 Å². The van der Waals surface area contributed by atoms with E-state index in [1.54, 1.807) is 4.90 Å². The molecular formula is C45H58N8O6. The van der Waals surface area contributed by atoms with E-state index in [4.69, 9.17) is 19.4 Å². The topological polar surface area (TPSA) is 175 Å². The minimum atomic E-state index is -0.723. The van der Waals surface area contributed by atoms with E-state index in [0.29, 0.717) is 18.3 Å². The number of rotatable bonds is 13. The number of fused-ring (bicyclic) bond motifs is 5. The molecule has 2 aromatic carbocycles. The Balaban J connectivity index is 1.08. The second kappa shape index (κ2) is 17.3. The first-order valence-electron chi connectivity index (χ1n) is 21.0. The van der Waals surface area contributed by atoms with Gasteiger partial charge in [0.05, 0.1) is 50.1 Å². The van der Waals surface area contributed by atoms with Crippen molar-refractivity contribution in [2.24, 2.45) is 17.8 Å². The van der Waals surface area contributed by atoms with E-state index >= 15 is 0 Å². The predicted octanol–water partition coefficient (Wildman–Crippen LogP) is 7.35. The Morgan fingerprint density at radius 2 is 1.39 bits per heavy atom. The van der Waals surface area contributed by atoms with Crippen molar-refractivity contribution in [3.05, 3.63) is 71.6 Å². The third kappa shape index (κ3) is 8.18. The highest BCUT2D eigenvalue weighted by Gasteiger charge is 2.51. The Kier molecular flexibility index (Phi) is 12.2. The zero-order chi connectivity index (χ0) is 42.1. The number of aromatic nitrogens is 4. The summed E-state index contributed by atoms with van der Waals surface area (Å²) in [6.45, 7) is 12.2. The van der Waals surface area contributed by atoms with Crippen LogP contribution in [0.4, 0.5) is 9.59 Å². The van der Waals surface area contributed by atoms with Crippen LogP contribution in [0.25, 0.3) is 33.6 Å². The fraction of sp³-hybridized carbons (Fsp3) is 0.511. The molecule has 3 heterocycles. The number of ether oxygens (including phenoxy) is 2. The van der Waals surface area contributed by atoms with Crippen LogP contribution in [0.5, 0.6) is 0 Å². The highest BCUT2D eigenvalue weighted by atomic mass is 16.5. The number of aromatic amines is 2. The van der Waals surface area contributed by atoms with Gasteiger partial charge < -0.3 is 39.9 Å². The number of piperidine rings is 1. The van der Waals surface area contributed by atoms with Crippen LogP contribution < -0.4 is 10.6 Å². The minimum absolute atomic E-state index is 0.0876. The number of hydrogen-bond donors (Lipinski definition) is 4. The highest BCUT2D eigenvalue weighted by Crippen LogP contribution is 2.50. The first-order chi connectivity index (χ1) is 28.3. The second-order valence-corrected chi connectivity index (χ2v) is 16.9. The number of likely N-dealkylation sites (tertiary alicyclic amines) is 1. The maximum absolute atomic E-state index is 14.0. The summed E-state index contributed by atoms with van der Waals surface area (Å²) in [5.74, 6) is 1.28. The van der Waals surface area contributed by atoms with E-state index in [1.165, 1.54) is 36.5 Å². The molecule has 7 rings (SSSR count). The molecule has 14 heteroatoms. The van der Waals surface area contributed by atoms with E-state index < -0.39 is 24.3 Å². The molecule has 2 fully saturated rings. The summed E-state index contributed by atoms with van der Waals surface area (Å²) >= 11 is 0. The van der Waals surface area contributed by atoms with Crippen LogP contribution in [-0.2, 0) is 31.9 Å². The van der Waals surface area contributed by atoms with Crippen molar-refractivity contribution in [3.63, 3.8) is 0 Å². The molecule has 0 radical (unpaired) electrons. The summed E-state index contributed by atoms with van der Waals surface area (Å²) in [7, 11) is 2.60. The molecule has 314 valence electrons. The maximum atomic E-state index is 14.0. The molecule has 1 unspecified atom stereocenters. The summed E-state index contributed by atoms with van der Waals surface area (Å²) in [6.07, 6.45) is 7.91. The lowest BCUT2D eigenvalue weighted by Crippen LogP contribution is -2.54. The average molecular weight is 807 g/mol. The first kappa shape index (κ1) is 41.5. The summed E-state index contributed by atoms with van der Waals surface area (Å²) in [5.41, 5.74) is 8.79. The third-order valence-corrected chi connectivity index (χ3v) is 12.5. The maximum Gasteiger partial charge on any atom is 0.407 e. The predicted molar refractivity (Wildman–Crippen MR) is 224 cm³/mol. The summed E-state index contributed by atoms with van der Waals surface area (Å²) in [4.78, 5) is 72.3. The highest BCUT2D eigenvalue weighted by molar-refractivity contribution is 5.87. The average Bonchev–Trinajstić information content (AvgIpc) is 4.08. The SMILES string of the molecule is CCCN(C(=O)[C@@H](NC(=O)OC)C(C)C)[C@@H](C)c1ncc(-c2ccc3c(c2)CCc2cc(-c4cnc([C@@H]5[C@H]6CC[C@H](C6)N5C(=O)C(NC(=O)OC)C(C)C)[nH]4)ccc2-3)[nH]1. The number of carbonyl (C=O) groups excluding carboxylic acids is 4. The van der Waals surface area contributed by atoms with Gasteiger partial charge in [0.2, 0.25) is 11.8 Å². The number of nitrogens with zero attached hydrogens (tertiary/aromatic N) is 4. The number of carbonyl (C=O) groups is 4. The molecule has 0 spiro atoms. The first-order valence-corrected chi connectivity index (χ1v) is 21.0. The molecule has 1 saturated carbocycles. The van der Waals surface area contributed by atoms with Gasteiger partial charge in [-0.2, -0.15) is 0 Å². The Morgan fingerprint density at radius 3 is 1.97 bits per heavy atom. The lowest BCUT2D eigenvalue weighted by Gasteiger charge is -2.37. The fourth-order valence-corrected chi connectivity index (χ4v) is 9.34. The molecule has 1 saturated heterocycles. The van der Waals surface area contributed by atoms with E-state index in [1.807, 2.05) is 58.8 Å². The lowest BCUT2D eigenvalue weighted by molar-refractivity contribution is -0.139. The normalized spacial score (nSPS) is 19.5. The number of H-pyrrole nitrogens is 2. The molecule has 4 N–H and O–H groups in total. The second-order valence-electron chi connectivity index (χ2n) is 16.9. The molecule has 2 aliphatic carbocycles. The van der Waals surface area contributed by atoms with Crippen LogP contribution in [-0.4, -0.2) is 92.6 Å². The van der Waals surface area contributed by atoms with Gasteiger partial charge in [0.25, 0.3) is 0 Å². The van der Waals surface area contributed by atoms with Crippen molar-refractivity contribution in [2.75, 3.05) is 20.8 Å². The van der Waals surface area contributed by atoms with Crippen LogP contribution >= 0.6 is 0 Å². The number of nitrogens with one attached hydrogen (secondary N) is 4. The molecular weight excluding hydrogens is 749 g/mol. The van der Waals surface area contributed by atoms with Gasteiger partial charge in [-0.05, 0) is 109 Å². The summed E-state index contributed by atoms with van der Waals surface area (Å²) in [5, 5.41) is 5.48. The number of alkyl carbamates (subject to hydrolysis) is 2. The van der Waals surface area contributed by atoms with E-state index in [2.05, 4.69) is 57.0 Å². The van der Waals surface area contributed by atoms with Crippen molar-refractivity contribution in [3.8, 4) is 33.6 Å². The Bertz CT molecular complexity index is 2190. The van der Waals surface area contributed by atoms with Crippen LogP contribution in [0.3, 0.4) is 0 Å². The molecule has 4 amide bonds. The fourth-order valence-electron chi connectivity index (χ4n) is 9.34. The number of benzene rings is 2. The van der Waals surface area contributed by atoms with Gasteiger partial charge >= 0.3 is 12.2 Å². The lowest BCUT2D eigenvalue weighted by atomic mass is 9.83. The Hall–Kier alpha value is -5.66. The van der Waals surface area contributed by atoms with Crippen LogP contribution in [0, 0.1) is 17.8 Å². The molecule has 2 aromatic heterocycles. The van der Waals surface area contributed by atoms with E-state index in [9.17, 15) is 19.2 Å². The number of amides is 4. The number of aryl methyl sites for hydroxylation is 2. The number of methoxy groups -OCH3 is 2. The van der Waals surface area contributed by atoms with Gasteiger partial charge in [-0.3, -0.25) is 9.59 Å². The van der Waals surface area contributed by atoms with Gasteiger partial charge in [0.1, 0.15) is 23.7 Å². The van der Waals surface area contributed by atoms with Gasteiger partial charge in [0.15, 0.2) is 0 Å². The van der Waals surface area contributed by atoms with Crippen molar-refractivity contribution in [2.45, 2.75) is 110 Å². The number of imidazole rings is 2. The summed E-state index contributed by atoms with van der Waals surface area (Å²) in [6, 6.07) is 11.3. The van der Waals surface area contributed by atoms with E-state index in [0.717, 1.165) is 66.9 Å². The van der Waals surface area contributed by atoms with Gasteiger partial charge in [-0.25, -0.2) is 19.6 Å². The van der Waals surface area contributed by atoms with Crippen LogP contribution in [0.1, 0.15) is 102 Å². The summed E-state index contributed by atoms with van der Waals surface area (Å²) < 4.78 is 9.63. The largest absolute Gasteiger partial charge is 0.453 e. The molecule has 14 nitrogen and oxygen atoms in total. The standard InChI is InChI=1S/C45H58N8O6/c1-9-18-52(42(54)37(24(2)3)50-44(56)58-7)26(6)40-46-22-35(48-40)29-13-16-33-27(19-29)10-11-28-20-30(14-17-34(28)33)36-23-47-41(49-36)39-31-12-15-32(21-31)53(39)43(55)38(25(4)5)51-45(57)59-8/h13-14,16-17,19-20,22-26,31-32,37-39H,9-12,15,18,21H2,1-8H3,(H,46,48)(H,47,49)(H,50,56)(H,51,57)/t26-,31-,32+,37-,38?,39-/m0/s1. The molecule has 6 atom stereocenters. The zero-order valence-electron chi connectivity index (χ0n) is 35.4. The molecule has 4 aromatic rings. The molecule has 3 aliphatic rings. The number of hydrogen-bond acceptors (Lipinski definition) is 8. The quantitative estimate of drug-likeness (QED) is 0.109. The Morgan fingerprint density at radius 1 is 0.814 bits per heavy atom. The third-order valence-electron chi connectivity index (χ3n) is 12.5. The monoisotopic (exact) mass is 806 g/mol. The van der Waals surface area contributed by atoms with E-state index in [-0.39, 0.29) is 41.8 Å². The van der Waals surface area contributed by atoms with Gasteiger partial charge in [-0.15, -0.1) is 0 Å².